The van der Waals surface area contributed by atoms with E-state index in [9.17, 15) is 0 Å². The van der Waals surface area contributed by atoms with Crippen molar-refractivity contribution in [3.63, 3.8) is 0 Å². The summed E-state index contributed by atoms with van der Waals surface area (Å²) in [7, 11) is 0. The van der Waals surface area contributed by atoms with Gasteiger partial charge in [0.25, 0.3) is 0 Å². The van der Waals surface area contributed by atoms with Gasteiger partial charge in [-0.3, -0.25) is 4.68 Å². The first-order chi connectivity index (χ1) is 7.63. The third kappa shape index (κ3) is 2.85. The van der Waals surface area contributed by atoms with E-state index in [1.165, 1.54) is 18.5 Å². The Bertz CT molecular complexity index is 317. The van der Waals surface area contributed by atoms with Gasteiger partial charge in [0.05, 0.1) is 11.4 Å². The Labute approximate surface area is 99.0 Å². The van der Waals surface area contributed by atoms with Crippen LogP contribution in [0.4, 0.5) is 0 Å². The summed E-state index contributed by atoms with van der Waals surface area (Å²) in [5.74, 6) is 0.525. The van der Waals surface area contributed by atoms with E-state index < -0.39 is 0 Å². The van der Waals surface area contributed by atoms with Gasteiger partial charge in [-0.25, -0.2) is 0 Å². The van der Waals surface area contributed by atoms with Crippen LogP contribution in [0.25, 0.3) is 0 Å². The standard InChI is InChI=1S/C13H25N3/c1-5-8-10(4)13(14)12-9-11(6-2)15-16(12)7-3/h9-10,13H,5-8,14H2,1-4H3. The van der Waals surface area contributed by atoms with E-state index in [0.29, 0.717) is 5.92 Å². The molecule has 2 atom stereocenters. The second-order valence-electron chi connectivity index (χ2n) is 4.52. The van der Waals surface area contributed by atoms with E-state index >= 15 is 0 Å². The van der Waals surface area contributed by atoms with Crippen LogP contribution in [0.15, 0.2) is 6.07 Å². The fourth-order valence-electron chi connectivity index (χ4n) is 2.11. The number of hydrogen-bond donors (Lipinski definition) is 1. The quantitative estimate of drug-likeness (QED) is 0.806. The molecule has 0 spiro atoms. The van der Waals surface area contributed by atoms with Crippen LogP contribution in [0.5, 0.6) is 0 Å². The third-order valence-electron chi connectivity index (χ3n) is 3.22. The van der Waals surface area contributed by atoms with Gasteiger partial charge in [0.2, 0.25) is 0 Å². The predicted octanol–water partition coefficient (Wildman–Crippen LogP) is 2.90. The van der Waals surface area contributed by atoms with E-state index in [1.807, 2.05) is 0 Å². The lowest BCUT2D eigenvalue weighted by Gasteiger charge is -2.20. The molecule has 3 heteroatoms. The zero-order valence-electron chi connectivity index (χ0n) is 11.0. The first kappa shape index (κ1) is 13.2. The van der Waals surface area contributed by atoms with E-state index in [4.69, 9.17) is 5.73 Å². The van der Waals surface area contributed by atoms with Crippen molar-refractivity contribution in [1.82, 2.24) is 9.78 Å². The maximum absolute atomic E-state index is 6.31. The van der Waals surface area contributed by atoms with Crippen LogP contribution in [-0.2, 0) is 13.0 Å². The van der Waals surface area contributed by atoms with E-state index in [2.05, 4.69) is 43.5 Å². The number of aromatic nitrogens is 2. The Hall–Kier alpha value is -0.830. The normalized spacial score (nSPS) is 15.1. The van der Waals surface area contributed by atoms with Gasteiger partial charge >= 0.3 is 0 Å². The maximum atomic E-state index is 6.31. The Morgan fingerprint density at radius 1 is 1.38 bits per heavy atom. The Kier molecular flexibility index (Phi) is 5.00. The fourth-order valence-corrected chi connectivity index (χ4v) is 2.11. The SMILES string of the molecule is CCCC(C)C(N)c1cc(CC)nn1CC. The van der Waals surface area contributed by atoms with Crippen molar-refractivity contribution in [3.05, 3.63) is 17.5 Å². The molecule has 1 aromatic rings. The Balaban J connectivity index is 2.88. The summed E-state index contributed by atoms with van der Waals surface area (Å²) < 4.78 is 2.05. The van der Waals surface area contributed by atoms with Gasteiger partial charge in [0.1, 0.15) is 0 Å². The summed E-state index contributed by atoms with van der Waals surface area (Å²) in [6.45, 7) is 9.59. The van der Waals surface area contributed by atoms with Gasteiger partial charge in [-0.05, 0) is 31.7 Å². The summed E-state index contributed by atoms with van der Waals surface area (Å²) >= 11 is 0. The molecule has 0 saturated carbocycles. The monoisotopic (exact) mass is 223 g/mol. The first-order valence-electron chi connectivity index (χ1n) is 6.46. The van der Waals surface area contributed by atoms with Crippen molar-refractivity contribution < 1.29 is 0 Å². The predicted molar refractivity (Wildman–Crippen MR) is 68.3 cm³/mol. The van der Waals surface area contributed by atoms with Crippen LogP contribution in [0.1, 0.15) is 58.0 Å². The molecule has 0 bridgehead atoms. The second-order valence-corrected chi connectivity index (χ2v) is 4.52. The van der Waals surface area contributed by atoms with E-state index in [1.54, 1.807) is 0 Å². The van der Waals surface area contributed by atoms with Crippen LogP contribution in [0.2, 0.25) is 0 Å². The highest BCUT2D eigenvalue weighted by Gasteiger charge is 2.18. The summed E-state index contributed by atoms with van der Waals surface area (Å²) in [5, 5.41) is 4.55. The number of hydrogen-bond acceptors (Lipinski definition) is 2. The molecule has 0 saturated heterocycles. The van der Waals surface area contributed by atoms with Crippen molar-refractivity contribution in [2.45, 2.75) is 59.5 Å². The molecule has 16 heavy (non-hydrogen) atoms. The number of rotatable bonds is 6. The lowest BCUT2D eigenvalue weighted by molar-refractivity contribution is 0.407. The van der Waals surface area contributed by atoms with Crippen molar-refractivity contribution in [2.24, 2.45) is 11.7 Å². The fraction of sp³-hybridized carbons (Fsp3) is 0.769. The second kappa shape index (κ2) is 6.04. The zero-order valence-corrected chi connectivity index (χ0v) is 11.0. The summed E-state index contributed by atoms with van der Waals surface area (Å²) in [6.07, 6.45) is 3.35. The molecular weight excluding hydrogens is 198 g/mol. The maximum Gasteiger partial charge on any atom is 0.0625 e. The largest absolute Gasteiger partial charge is 0.322 e. The van der Waals surface area contributed by atoms with Crippen molar-refractivity contribution in [3.8, 4) is 0 Å². The van der Waals surface area contributed by atoms with Crippen LogP contribution < -0.4 is 5.73 Å². The average molecular weight is 223 g/mol. The highest BCUT2D eigenvalue weighted by Crippen LogP contribution is 2.24. The molecule has 1 aromatic heterocycles. The Morgan fingerprint density at radius 3 is 2.56 bits per heavy atom. The molecule has 0 radical (unpaired) electrons. The highest BCUT2D eigenvalue weighted by atomic mass is 15.3. The molecule has 0 aliphatic rings. The molecule has 92 valence electrons. The number of aryl methyl sites for hydroxylation is 2. The van der Waals surface area contributed by atoms with Crippen molar-refractivity contribution in [1.29, 1.82) is 0 Å². The van der Waals surface area contributed by atoms with Crippen LogP contribution in [0, 0.1) is 5.92 Å². The molecule has 3 nitrogen and oxygen atoms in total. The molecule has 0 fully saturated rings. The summed E-state index contributed by atoms with van der Waals surface area (Å²) in [5.41, 5.74) is 8.65. The molecule has 0 aromatic carbocycles. The minimum atomic E-state index is 0.118. The molecule has 1 rings (SSSR count). The van der Waals surface area contributed by atoms with Gasteiger partial charge in [-0.15, -0.1) is 0 Å². The molecule has 0 aliphatic heterocycles. The minimum Gasteiger partial charge on any atom is -0.322 e. The van der Waals surface area contributed by atoms with E-state index in [-0.39, 0.29) is 6.04 Å². The van der Waals surface area contributed by atoms with Gasteiger partial charge in [-0.1, -0.05) is 27.2 Å². The van der Waals surface area contributed by atoms with Gasteiger partial charge in [-0.2, -0.15) is 5.10 Å². The lowest BCUT2D eigenvalue weighted by Crippen LogP contribution is -2.22. The number of nitrogens with two attached hydrogens (primary N) is 1. The lowest BCUT2D eigenvalue weighted by atomic mass is 9.95. The van der Waals surface area contributed by atoms with E-state index in [0.717, 1.165) is 18.7 Å². The molecule has 0 amide bonds. The third-order valence-corrected chi connectivity index (χ3v) is 3.22. The van der Waals surface area contributed by atoms with Crippen molar-refractivity contribution >= 4 is 0 Å². The van der Waals surface area contributed by atoms with Gasteiger partial charge < -0.3 is 5.73 Å². The van der Waals surface area contributed by atoms with Crippen LogP contribution in [0.3, 0.4) is 0 Å². The smallest absolute Gasteiger partial charge is 0.0625 e. The minimum absolute atomic E-state index is 0.118. The van der Waals surface area contributed by atoms with Crippen molar-refractivity contribution in [2.75, 3.05) is 0 Å². The topological polar surface area (TPSA) is 43.8 Å². The molecule has 2 unspecified atom stereocenters. The summed E-state index contributed by atoms with van der Waals surface area (Å²) in [6, 6.07) is 2.29. The average Bonchev–Trinajstić information content (AvgIpc) is 2.71. The summed E-state index contributed by atoms with van der Waals surface area (Å²) in [4.78, 5) is 0. The first-order valence-corrected chi connectivity index (χ1v) is 6.46. The number of nitrogens with zero attached hydrogens (tertiary/aromatic N) is 2. The molecule has 0 aliphatic carbocycles. The molecule has 1 heterocycles. The zero-order chi connectivity index (χ0) is 12.1. The molecule has 2 N–H and O–H groups in total. The van der Waals surface area contributed by atoms with Crippen LogP contribution >= 0.6 is 0 Å². The highest BCUT2D eigenvalue weighted by molar-refractivity contribution is 5.14. The van der Waals surface area contributed by atoms with Gasteiger partial charge in [0, 0.05) is 12.6 Å². The van der Waals surface area contributed by atoms with Gasteiger partial charge in [0.15, 0.2) is 0 Å². The van der Waals surface area contributed by atoms with Crippen LogP contribution in [-0.4, -0.2) is 9.78 Å². The Morgan fingerprint density at radius 2 is 2.06 bits per heavy atom. The molecular formula is C13H25N3.